The van der Waals surface area contributed by atoms with Gasteiger partial charge in [-0.1, -0.05) is 12.8 Å². The Morgan fingerprint density at radius 1 is 1.25 bits per heavy atom. The molecule has 0 saturated heterocycles. The van der Waals surface area contributed by atoms with Gasteiger partial charge in [-0.2, -0.15) is 0 Å². The Hall–Kier alpha value is -1.96. The van der Waals surface area contributed by atoms with Crippen LogP contribution in [0.5, 0.6) is 0 Å². The Bertz CT molecular complexity index is 747. The van der Waals surface area contributed by atoms with Crippen molar-refractivity contribution in [2.45, 2.75) is 37.0 Å². The van der Waals surface area contributed by atoms with E-state index in [0.29, 0.717) is 12.8 Å². The molecule has 1 aliphatic carbocycles. The molecule has 1 fully saturated rings. The van der Waals surface area contributed by atoms with Gasteiger partial charge in [-0.25, -0.2) is 17.6 Å². The Morgan fingerprint density at radius 2 is 1.92 bits per heavy atom. The van der Waals surface area contributed by atoms with E-state index < -0.39 is 38.8 Å². The molecule has 6 nitrogen and oxygen atoms in total. The number of nitrogens with one attached hydrogen (secondary N) is 1. The second kappa shape index (κ2) is 7.29. The fourth-order valence-corrected chi connectivity index (χ4v) is 4.36. The molecule has 0 heterocycles. The highest BCUT2D eigenvalue weighted by Gasteiger charge is 2.34. The molecule has 1 aromatic carbocycles. The van der Waals surface area contributed by atoms with Crippen molar-refractivity contribution in [3.05, 3.63) is 35.1 Å². The molecule has 0 aliphatic heterocycles. The van der Waals surface area contributed by atoms with Gasteiger partial charge in [0.2, 0.25) is 0 Å². The average molecular weight is 357 g/mol. The summed E-state index contributed by atoms with van der Waals surface area (Å²) in [4.78, 5) is 23.7. The Morgan fingerprint density at radius 3 is 2.50 bits per heavy atom. The molecule has 2 atom stereocenters. The van der Waals surface area contributed by atoms with E-state index in [-0.39, 0.29) is 11.1 Å². The van der Waals surface area contributed by atoms with E-state index in [0.717, 1.165) is 25.2 Å². The highest BCUT2D eigenvalue weighted by Crippen LogP contribution is 2.24. The number of sulfone groups is 1. The van der Waals surface area contributed by atoms with Crippen LogP contribution in [0.3, 0.4) is 0 Å². The summed E-state index contributed by atoms with van der Waals surface area (Å²) in [7, 11) is -2.13. The maximum atomic E-state index is 14.1. The lowest BCUT2D eigenvalue weighted by Gasteiger charge is -2.30. The number of carbonyl (C=O) groups is 2. The van der Waals surface area contributed by atoms with E-state index in [1.54, 1.807) is 0 Å². The fourth-order valence-electron chi connectivity index (χ4n) is 2.96. The Balaban J connectivity index is 2.18. The van der Waals surface area contributed by atoms with Crippen molar-refractivity contribution in [3.8, 4) is 0 Å². The number of rotatable bonds is 4. The van der Waals surface area contributed by atoms with Crippen molar-refractivity contribution >= 4 is 21.7 Å². The molecule has 132 valence electrons. The topological polar surface area (TPSA) is 89.5 Å². The van der Waals surface area contributed by atoms with E-state index >= 15 is 0 Å². The van der Waals surface area contributed by atoms with Crippen LogP contribution in [0.15, 0.2) is 18.2 Å². The van der Waals surface area contributed by atoms with Crippen LogP contribution in [0, 0.1) is 5.82 Å². The van der Waals surface area contributed by atoms with Gasteiger partial charge in [0.1, 0.15) is 5.82 Å². The highest BCUT2D eigenvalue weighted by molar-refractivity contribution is 7.91. The summed E-state index contributed by atoms with van der Waals surface area (Å²) < 4.78 is 42.3. The second-order valence-electron chi connectivity index (χ2n) is 5.92. The maximum absolute atomic E-state index is 14.1. The largest absolute Gasteiger partial charge is 0.465 e. The molecule has 1 aliphatic rings. The average Bonchev–Trinajstić information content (AvgIpc) is 2.53. The van der Waals surface area contributed by atoms with Gasteiger partial charge in [0.15, 0.2) is 9.84 Å². The monoisotopic (exact) mass is 357 g/mol. The van der Waals surface area contributed by atoms with Crippen LogP contribution < -0.4 is 5.32 Å². The van der Waals surface area contributed by atoms with Gasteiger partial charge in [-0.3, -0.25) is 4.79 Å². The van der Waals surface area contributed by atoms with Crippen molar-refractivity contribution in [1.82, 2.24) is 5.32 Å². The summed E-state index contributed by atoms with van der Waals surface area (Å²) in [6.07, 6.45) is 3.75. The summed E-state index contributed by atoms with van der Waals surface area (Å²) in [5, 5.41) is 1.96. The van der Waals surface area contributed by atoms with Gasteiger partial charge < -0.3 is 10.1 Å². The first kappa shape index (κ1) is 18.4. The number of carbonyl (C=O) groups excluding carboxylic acids is 2. The van der Waals surface area contributed by atoms with E-state index in [2.05, 4.69) is 10.1 Å². The molecule has 2 rings (SSSR count). The zero-order chi connectivity index (χ0) is 17.9. The first-order chi connectivity index (χ1) is 11.2. The summed E-state index contributed by atoms with van der Waals surface area (Å²) >= 11 is 0. The molecule has 0 unspecified atom stereocenters. The lowest BCUT2D eigenvalue weighted by atomic mass is 9.94. The fraction of sp³-hybridized carbons (Fsp3) is 0.500. The van der Waals surface area contributed by atoms with Crippen LogP contribution in [0.25, 0.3) is 0 Å². The summed E-state index contributed by atoms with van der Waals surface area (Å²) in [6, 6.07) is 2.87. The summed E-state index contributed by atoms with van der Waals surface area (Å²) in [6.45, 7) is 0. The zero-order valence-corrected chi connectivity index (χ0v) is 14.4. The van der Waals surface area contributed by atoms with Crippen molar-refractivity contribution in [2.75, 3.05) is 13.4 Å². The predicted molar refractivity (Wildman–Crippen MR) is 86.1 cm³/mol. The van der Waals surface area contributed by atoms with Crippen molar-refractivity contribution in [3.63, 3.8) is 0 Å². The first-order valence-electron chi connectivity index (χ1n) is 7.61. The molecule has 0 bridgehead atoms. The number of ether oxygens (including phenoxy) is 1. The van der Waals surface area contributed by atoms with Gasteiger partial charge in [0.05, 0.1) is 23.5 Å². The third-order valence-corrected chi connectivity index (χ3v) is 5.87. The number of hydrogen-bond acceptors (Lipinski definition) is 5. The third kappa shape index (κ3) is 4.11. The Labute approximate surface area is 140 Å². The predicted octanol–water partition coefficient (Wildman–Crippen LogP) is 1.70. The molecule has 0 aromatic heterocycles. The maximum Gasteiger partial charge on any atom is 0.337 e. The molecular formula is C16H20FNO5S. The SMILES string of the molecule is COC(=O)c1ccc(C(=O)N[C@@H]2CCCC[C@H]2S(C)(=O)=O)c(F)c1. The number of benzene rings is 1. The normalized spacial score (nSPS) is 21.1. The van der Waals surface area contributed by atoms with Gasteiger partial charge in [0, 0.05) is 12.3 Å². The van der Waals surface area contributed by atoms with E-state index in [1.807, 2.05) is 0 Å². The number of halogens is 1. The summed E-state index contributed by atoms with van der Waals surface area (Å²) in [5.74, 6) is -2.25. The zero-order valence-electron chi connectivity index (χ0n) is 13.5. The minimum absolute atomic E-state index is 0.00164. The van der Waals surface area contributed by atoms with Crippen LogP contribution in [0.2, 0.25) is 0 Å². The minimum atomic E-state index is -3.30. The standard InChI is InChI=1S/C16H20FNO5S/c1-23-16(20)10-7-8-11(12(17)9-10)15(19)18-13-5-3-4-6-14(13)24(2,21)22/h7-9,13-14H,3-6H2,1-2H3,(H,18,19)/t13-,14-/m1/s1. The molecule has 24 heavy (non-hydrogen) atoms. The lowest BCUT2D eigenvalue weighted by molar-refractivity contribution is 0.0599. The lowest BCUT2D eigenvalue weighted by Crippen LogP contribution is -2.48. The quantitative estimate of drug-likeness (QED) is 0.829. The van der Waals surface area contributed by atoms with Gasteiger partial charge in [-0.05, 0) is 31.0 Å². The van der Waals surface area contributed by atoms with Crippen molar-refractivity contribution in [2.24, 2.45) is 0 Å². The van der Waals surface area contributed by atoms with Gasteiger partial charge in [0.25, 0.3) is 5.91 Å². The minimum Gasteiger partial charge on any atom is -0.465 e. The molecule has 1 aromatic rings. The molecule has 8 heteroatoms. The summed E-state index contributed by atoms with van der Waals surface area (Å²) in [5.41, 5.74) is -0.237. The molecular weight excluding hydrogens is 337 g/mol. The van der Waals surface area contributed by atoms with Crippen LogP contribution in [0.4, 0.5) is 4.39 Å². The molecule has 1 amide bonds. The smallest absolute Gasteiger partial charge is 0.337 e. The van der Waals surface area contributed by atoms with Crippen LogP contribution in [0.1, 0.15) is 46.4 Å². The number of hydrogen-bond donors (Lipinski definition) is 1. The number of methoxy groups -OCH3 is 1. The number of esters is 1. The molecule has 0 spiro atoms. The molecule has 0 radical (unpaired) electrons. The van der Waals surface area contributed by atoms with Gasteiger partial charge >= 0.3 is 5.97 Å². The number of amides is 1. The van der Waals surface area contributed by atoms with Crippen molar-refractivity contribution < 1.29 is 27.1 Å². The van der Waals surface area contributed by atoms with Crippen LogP contribution in [-0.2, 0) is 14.6 Å². The van der Waals surface area contributed by atoms with Crippen LogP contribution >= 0.6 is 0 Å². The first-order valence-corrected chi connectivity index (χ1v) is 9.57. The second-order valence-corrected chi connectivity index (χ2v) is 8.18. The van der Waals surface area contributed by atoms with Crippen molar-refractivity contribution in [1.29, 1.82) is 0 Å². The molecule has 1 N–H and O–H groups in total. The van der Waals surface area contributed by atoms with E-state index in [1.165, 1.54) is 19.2 Å². The molecule has 1 saturated carbocycles. The van der Waals surface area contributed by atoms with Gasteiger partial charge in [-0.15, -0.1) is 0 Å². The van der Waals surface area contributed by atoms with E-state index in [4.69, 9.17) is 0 Å². The van der Waals surface area contributed by atoms with Crippen LogP contribution in [-0.4, -0.2) is 45.0 Å². The highest BCUT2D eigenvalue weighted by atomic mass is 32.2. The Kier molecular flexibility index (Phi) is 5.58. The van der Waals surface area contributed by atoms with E-state index in [9.17, 15) is 22.4 Å². The third-order valence-electron chi connectivity index (χ3n) is 4.20.